The van der Waals surface area contributed by atoms with Crippen LogP contribution in [-0.2, 0) is 20.8 Å². The lowest BCUT2D eigenvalue weighted by Crippen LogP contribution is -2.63. The van der Waals surface area contributed by atoms with Crippen LogP contribution in [0.5, 0.6) is 5.75 Å². The number of aliphatic hydroxyl groups excluding tert-OH is 2. The van der Waals surface area contributed by atoms with E-state index in [4.69, 9.17) is 5.73 Å². The van der Waals surface area contributed by atoms with Crippen molar-refractivity contribution in [2.75, 3.05) is 33.1 Å². The summed E-state index contributed by atoms with van der Waals surface area (Å²) >= 11 is 4.14. The van der Waals surface area contributed by atoms with Crippen LogP contribution in [0.4, 0.5) is 5.69 Å². The summed E-state index contributed by atoms with van der Waals surface area (Å²) in [7, 11) is 6.77. The quantitative estimate of drug-likeness (QED) is 0.254. The zero-order valence-electron chi connectivity index (χ0n) is 19.8. The van der Waals surface area contributed by atoms with E-state index in [1.807, 2.05) is 0 Å². The number of phenols is 1. The Morgan fingerprint density at radius 3 is 2.29 bits per heavy atom. The van der Waals surface area contributed by atoms with Gasteiger partial charge in [-0.25, -0.2) is 0 Å². The van der Waals surface area contributed by atoms with Gasteiger partial charge in [-0.15, -0.1) is 12.6 Å². The number of fused-ring (bicyclic) bond motifs is 3. The zero-order chi connectivity index (χ0) is 26.1. The molecule has 5 atom stereocenters. The standard InChI is InChI=1S/C24H29N3O7S/c1-26(2)13-5-6-14(28)11-7-10-9(16(15(11)13)23(33)35)8-12-18(27(3)4)19(29)17(22(25)32)21(31)24(12,34)20(10)30/h5-6,9,12,16,18,28-30,34H,7-8H2,1-4H3,(H2,25,32)(H,33,35)/t9-,12-,16+,18-,24-/m0/s1. The SMILES string of the molecule is CN(C)c1ccc(O)c2c1[C@H](C(=O)S)[C@H]1C[C@H]3[C@H](N(C)C)C(O)=C(C(N)=O)C(=O)[C@@]3(O)C(O)=C1C2. The third-order valence-corrected chi connectivity index (χ3v) is 7.87. The van der Waals surface area contributed by atoms with E-state index >= 15 is 0 Å². The molecule has 0 spiro atoms. The van der Waals surface area contributed by atoms with Crippen molar-refractivity contribution in [3.63, 3.8) is 0 Å². The smallest absolute Gasteiger partial charge is 0.255 e. The number of phenolic OH excluding ortho intramolecular Hbond substituents is 1. The largest absolute Gasteiger partial charge is 0.510 e. The number of likely N-dealkylation sites (N-methyl/N-ethyl adjacent to an activating group) is 1. The van der Waals surface area contributed by atoms with E-state index in [0.29, 0.717) is 16.8 Å². The highest BCUT2D eigenvalue weighted by Crippen LogP contribution is 2.57. The lowest BCUT2D eigenvalue weighted by atomic mass is 9.56. The molecule has 0 saturated carbocycles. The Morgan fingerprint density at radius 2 is 1.77 bits per heavy atom. The molecule has 0 saturated heterocycles. The molecular weight excluding hydrogens is 474 g/mol. The summed E-state index contributed by atoms with van der Waals surface area (Å²) in [4.78, 5) is 41.7. The summed E-state index contributed by atoms with van der Waals surface area (Å²) in [6.45, 7) is 0. The third-order valence-electron chi connectivity index (χ3n) is 7.59. The third kappa shape index (κ3) is 3.36. The number of hydrogen-bond donors (Lipinski definition) is 6. The molecule has 6 N–H and O–H groups in total. The molecule has 0 unspecified atom stereocenters. The number of nitrogens with zero attached hydrogens (tertiary/aromatic N) is 2. The Morgan fingerprint density at radius 1 is 1.14 bits per heavy atom. The first-order valence-corrected chi connectivity index (χ1v) is 11.5. The number of aromatic hydroxyl groups is 1. The zero-order valence-corrected chi connectivity index (χ0v) is 20.7. The van der Waals surface area contributed by atoms with Gasteiger partial charge in [0.2, 0.25) is 5.78 Å². The van der Waals surface area contributed by atoms with Gasteiger partial charge in [0, 0.05) is 37.7 Å². The van der Waals surface area contributed by atoms with Gasteiger partial charge in [0.05, 0.1) is 12.0 Å². The lowest BCUT2D eigenvalue weighted by Gasteiger charge is -2.51. The van der Waals surface area contributed by atoms with E-state index in [-0.39, 0.29) is 24.2 Å². The number of thiol groups is 1. The second kappa shape index (κ2) is 8.28. The van der Waals surface area contributed by atoms with Gasteiger partial charge in [-0.1, -0.05) is 0 Å². The molecule has 0 aliphatic heterocycles. The van der Waals surface area contributed by atoms with Crippen LogP contribution in [0.2, 0.25) is 0 Å². The molecule has 0 heterocycles. The summed E-state index contributed by atoms with van der Waals surface area (Å²) in [6, 6.07) is 2.12. The van der Waals surface area contributed by atoms with Gasteiger partial charge >= 0.3 is 0 Å². The summed E-state index contributed by atoms with van der Waals surface area (Å²) in [6.07, 6.45) is -0.0209. The molecular formula is C24H29N3O7S. The molecule has 0 bridgehead atoms. The van der Waals surface area contributed by atoms with Gasteiger partial charge in [-0.3, -0.25) is 19.3 Å². The number of primary amides is 1. The number of rotatable bonds is 4. The number of aliphatic hydroxyl groups is 3. The molecule has 35 heavy (non-hydrogen) atoms. The van der Waals surface area contributed by atoms with E-state index in [1.165, 1.54) is 11.0 Å². The molecule has 3 aliphatic rings. The van der Waals surface area contributed by atoms with Crippen LogP contribution in [0.3, 0.4) is 0 Å². The van der Waals surface area contributed by atoms with E-state index < -0.39 is 63.3 Å². The first-order valence-electron chi connectivity index (χ1n) is 11.1. The highest BCUT2D eigenvalue weighted by atomic mass is 32.1. The van der Waals surface area contributed by atoms with Crippen LogP contribution < -0.4 is 10.6 Å². The fraction of sp³-hybridized carbons (Fsp3) is 0.458. The van der Waals surface area contributed by atoms with E-state index in [1.54, 1.807) is 39.2 Å². The molecule has 0 aromatic heterocycles. The minimum atomic E-state index is -2.55. The van der Waals surface area contributed by atoms with Gasteiger partial charge in [0.15, 0.2) is 10.7 Å². The second-order valence-electron chi connectivity index (χ2n) is 9.83. The molecule has 188 valence electrons. The van der Waals surface area contributed by atoms with Crippen molar-refractivity contribution in [3.05, 3.63) is 45.9 Å². The van der Waals surface area contributed by atoms with E-state index in [2.05, 4.69) is 12.6 Å². The fourth-order valence-electron chi connectivity index (χ4n) is 6.11. The summed E-state index contributed by atoms with van der Waals surface area (Å²) in [5, 5.41) is 44.1. The van der Waals surface area contributed by atoms with Crippen molar-refractivity contribution in [2.45, 2.75) is 30.4 Å². The minimum absolute atomic E-state index is 0.0134. The number of allylic oxidation sites excluding steroid dienone is 1. The van der Waals surface area contributed by atoms with Crippen LogP contribution in [0.25, 0.3) is 0 Å². The number of ketones is 1. The molecule has 0 radical (unpaired) electrons. The predicted molar refractivity (Wildman–Crippen MR) is 130 cm³/mol. The number of carbonyl (C=O) groups excluding carboxylic acids is 3. The van der Waals surface area contributed by atoms with Crippen molar-refractivity contribution in [1.29, 1.82) is 0 Å². The topological polar surface area (TPSA) is 165 Å². The van der Waals surface area contributed by atoms with Crippen LogP contribution in [0.1, 0.15) is 23.5 Å². The highest BCUT2D eigenvalue weighted by molar-refractivity contribution is 7.96. The normalized spacial score (nSPS) is 30.1. The van der Waals surface area contributed by atoms with Crippen molar-refractivity contribution < 1.29 is 34.8 Å². The summed E-state index contributed by atoms with van der Waals surface area (Å²) in [5.41, 5.74) is 3.86. The van der Waals surface area contributed by atoms with Crippen LogP contribution in [0.15, 0.2) is 34.8 Å². The number of Topliss-reactive ketones (excluding diaryl/α,β-unsaturated/α-hetero) is 1. The Balaban J connectivity index is 2.02. The van der Waals surface area contributed by atoms with Crippen molar-refractivity contribution in [3.8, 4) is 5.75 Å². The highest BCUT2D eigenvalue weighted by Gasteiger charge is 2.63. The van der Waals surface area contributed by atoms with Crippen molar-refractivity contribution in [1.82, 2.24) is 4.90 Å². The van der Waals surface area contributed by atoms with Gasteiger partial charge in [0.25, 0.3) is 5.91 Å². The Labute approximate surface area is 207 Å². The van der Waals surface area contributed by atoms with Gasteiger partial charge < -0.3 is 31.1 Å². The molecule has 1 aromatic rings. The Bertz CT molecular complexity index is 1220. The number of benzene rings is 1. The Hall–Kier alpha value is -3.02. The van der Waals surface area contributed by atoms with Crippen molar-refractivity contribution >= 4 is 35.1 Å². The maximum atomic E-state index is 13.3. The number of hydrogen-bond acceptors (Lipinski definition) is 9. The molecule has 0 fully saturated rings. The average molecular weight is 504 g/mol. The van der Waals surface area contributed by atoms with Crippen LogP contribution >= 0.6 is 12.6 Å². The molecule has 11 heteroatoms. The van der Waals surface area contributed by atoms with E-state index in [9.17, 15) is 34.8 Å². The van der Waals surface area contributed by atoms with Crippen LogP contribution in [0, 0.1) is 11.8 Å². The molecule has 1 amide bonds. The molecule has 3 aliphatic carbocycles. The van der Waals surface area contributed by atoms with E-state index in [0.717, 1.165) is 0 Å². The lowest BCUT2D eigenvalue weighted by molar-refractivity contribution is -0.149. The monoisotopic (exact) mass is 503 g/mol. The Kier molecular flexibility index (Phi) is 5.94. The average Bonchev–Trinajstić information content (AvgIpc) is 2.74. The maximum Gasteiger partial charge on any atom is 0.255 e. The molecule has 4 rings (SSSR count). The number of anilines is 1. The number of nitrogens with two attached hydrogens (primary N) is 1. The number of amides is 1. The predicted octanol–water partition coefficient (Wildman–Crippen LogP) is 0.544. The summed E-state index contributed by atoms with van der Waals surface area (Å²) in [5.74, 6) is -6.49. The molecule has 10 nitrogen and oxygen atoms in total. The minimum Gasteiger partial charge on any atom is -0.510 e. The van der Waals surface area contributed by atoms with Crippen molar-refractivity contribution in [2.24, 2.45) is 17.6 Å². The van der Waals surface area contributed by atoms with Crippen LogP contribution in [-0.4, -0.2) is 82.0 Å². The second-order valence-corrected chi connectivity index (χ2v) is 10.3. The first kappa shape index (κ1) is 25.1. The van der Waals surface area contributed by atoms with Gasteiger partial charge in [-0.05, 0) is 49.7 Å². The van der Waals surface area contributed by atoms with Gasteiger partial charge in [0.1, 0.15) is 22.8 Å². The maximum absolute atomic E-state index is 13.3. The number of carbonyl (C=O) groups is 3. The summed E-state index contributed by atoms with van der Waals surface area (Å²) < 4.78 is 0. The van der Waals surface area contributed by atoms with Gasteiger partial charge in [-0.2, -0.15) is 0 Å². The molecule has 1 aromatic carbocycles. The first-order chi connectivity index (χ1) is 16.2. The fourth-order valence-corrected chi connectivity index (χ4v) is 6.42.